The zero-order valence-corrected chi connectivity index (χ0v) is 22.3. The summed E-state index contributed by atoms with van der Waals surface area (Å²) in [5.41, 5.74) is 3.02. The highest BCUT2D eigenvalue weighted by Gasteiger charge is 2.38. The molecule has 11 heteroatoms. The van der Waals surface area contributed by atoms with Crippen molar-refractivity contribution in [1.82, 2.24) is 19.4 Å². The van der Waals surface area contributed by atoms with E-state index in [2.05, 4.69) is 10.3 Å². The number of hydrogen-bond donors (Lipinski definition) is 2. The molecule has 2 saturated heterocycles. The van der Waals surface area contributed by atoms with Crippen LogP contribution >= 0.6 is 22.9 Å². The lowest BCUT2D eigenvalue weighted by Crippen LogP contribution is -2.45. The van der Waals surface area contributed by atoms with Crippen molar-refractivity contribution in [1.29, 1.82) is 0 Å². The summed E-state index contributed by atoms with van der Waals surface area (Å²) in [5, 5.41) is 15.1. The number of piperidine rings is 1. The van der Waals surface area contributed by atoms with E-state index >= 15 is 0 Å². The molecule has 6 rings (SSSR count). The molecule has 2 aliphatic rings. The van der Waals surface area contributed by atoms with Gasteiger partial charge in [-0.3, -0.25) is 9.36 Å². The highest BCUT2D eigenvalue weighted by Crippen LogP contribution is 2.36. The number of aromatic nitrogens is 3. The van der Waals surface area contributed by atoms with Crippen LogP contribution in [0, 0.1) is 6.92 Å². The van der Waals surface area contributed by atoms with Gasteiger partial charge >= 0.3 is 6.09 Å². The van der Waals surface area contributed by atoms with E-state index in [0.29, 0.717) is 41.4 Å². The van der Waals surface area contributed by atoms with Crippen LogP contribution in [0.5, 0.6) is 0 Å². The van der Waals surface area contributed by atoms with Crippen molar-refractivity contribution in [2.75, 3.05) is 18.5 Å². The van der Waals surface area contributed by atoms with E-state index in [9.17, 15) is 14.7 Å². The molecular formula is C27H26ClN5O4S. The van der Waals surface area contributed by atoms with E-state index < -0.39 is 0 Å². The van der Waals surface area contributed by atoms with Crippen LogP contribution in [0.15, 0.2) is 47.4 Å². The lowest BCUT2D eigenvalue weighted by molar-refractivity contribution is 0.153. The Morgan fingerprint density at radius 1 is 1.24 bits per heavy atom. The maximum Gasteiger partial charge on any atom is 0.410 e. The van der Waals surface area contributed by atoms with Crippen LogP contribution in [0.25, 0.3) is 21.5 Å². The first-order valence-corrected chi connectivity index (χ1v) is 13.6. The van der Waals surface area contributed by atoms with Gasteiger partial charge in [0.2, 0.25) is 0 Å². The zero-order chi connectivity index (χ0) is 26.4. The average molecular weight is 552 g/mol. The predicted molar refractivity (Wildman–Crippen MR) is 147 cm³/mol. The van der Waals surface area contributed by atoms with Gasteiger partial charge in [-0.15, -0.1) is 11.3 Å². The van der Waals surface area contributed by atoms with Crippen LogP contribution in [0.2, 0.25) is 5.02 Å². The maximum atomic E-state index is 13.7. The Hall–Kier alpha value is -3.47. The number of anilines is 1. The number of ether oxygens (including phenoxy) is 1. The monoisotopic (exact) mass is 551 g/mol. The Morgan fingerprint density at radius 2 is 2.05 bits per heavy atom. The van der Waals surface area contributed by atoms with Gasteiger partial charge in [-0.2, -0.15) is 0 Å². The zero-order valence-electron chi connectivity index (χ0n) is 20.7. The van der Waals surface area contributed by atoms with Crippen LogP contribution in [-0.2, 0) is 17.9 Å². The summed E-state index contributed by atoms with van der Waals surface area (Å²) >= 11 is 7.44. The second-order valence-corrected chi connectivity index (χ2v) is 11.2. The molecule has 0 saturated carbocycles. The standard InChI is InChI=1S/C27H26ClN5O4S/c1-15-30-24-9-21(25-29-11-20(13-34)38-25)23(31-18-6-7-32-19(8-18)14-37-27(32)36)10-22(24)26(35)33(15)12-16-2-4-17(28)5-3-16/h2-5,9-11,18-19,31,34H,6-8,12-14H2,1H3/t18-,19-/m0/s1. The smallest absolute Gasteiger partial charge is 0.410 e. The third-order valence-electron chi connectivity index (χ3n) is 7.19. The van der Waals surface area contributed by atoms with E-state index in [-0.39, 0.29) is 30.3 Å². The van der Waals surface area contributed by atoms with Gasteiger partial charge in [-0.1, -0.05) is 23.7 Å². The minimum Gasteiger partial charge on any atom is -0.447 e. The summed E-state index contributed by atoms with van der Waals surface area (Å²) in [6, 6.07) is 11.3. The molecule has 0 radical (unpaired) electrons. The molecule has 196 valence electrons. The highest BCUT2D eigenvalue weighted by molar-refractivity contribution is 7.15. The van der Waals surface area contributed by atoms with Crippen molar-refractivity contribution in [2.45, 2.75) is 45.0 Å². The van der Waals surface area contributed by atoms with Gasteiger partial charge in [0.15, 0.2) is 0 Å². The number of nitrogens with one attached hydrogen (secondary N) is 1. The van der Waals surface area contributed by atoms with E-state index in [1.165, 1.54) is 11.3 Å². The molecule has 2 atom stereocenters. The van der Waals surface area contributed by atoms with Crippen LogP contribution in [-0.4, -0.2) is 55.9 Å². The average Bonchev–Trinajstić information content (AvgIpc) is 3.54. The molecule has 1 amide bonds. The Kier molecular flexibility index (Phi) is 6.55. The number of carbonyl (C=O) groups is 1. The third-order valence-corrected chi connectivity index (χ3v) is 8.45. The first kappa shape index (κ1) is 24.8. The number of fused-ring (bicyclic) bond motifs is 2. The summed E-state index contributed by atoms with van der Waals surface area (Å²) in [4.78, 5) is 37.5. The number of rotatable bonds is 6. The van der Waals surface area contributed by atoms with Crippen LogP contribution in [0.1, 0.15) is 29.1 Å². The third kappa shape index (κ3) is 4.63. The van der Waals surface area contributed by atoms with E-state index in [4.69, 9.17) is 21.3 Å². The van der Waals surface area contributed by atoms with Crippen LogP contribution in [0.4, 0.5) is 10.5 Å². The van der Waals surface area contributed by atoms with Crippen molar-refractivity contribution < 1.29 is 14.6 Å². The van der Waals surface area contributed by atoms with Crippen molar-refractivity contribution in [2.24, 2.45) is 0 Å². The lowest BCUT2D eigenvalue weighted by atomic mass is 9.97. The van der Waals surface area contributed by atoms with Gasteiger partial charge in [-0.25, -0.2) is 14.8 Å². The van der Waals surface area contributed by atoms with Gasteiger partial charge < -0.3 is 20.1 Å². The minimum atomic E-state index is -0.248. The molecule has 4 heterocycles. The molecule has 2 aromatic carbocycles. The van der Waals surface area contributed by atoms with Gasteiger partial charge in [0.1, 0.15) is 17.4 Å². The van der Waals surface area contributed by atoms with Crippen molar-refractivity contribution >= 4 is 45.6 Å². The Labute approximate surface area is 227 Å². The first-order valence-electron chi connectivity index (χ1n) is 12.4. The van der Waals surface area contributed by atoms with Gasteiger partial charge in [-0.05, 0) is 49.6 Å². The molecule has 4 aromatic rings. The normalized spacial score (nSPS) is 19.0. The molecule has 38 heavy (non-hydrogen) atoms. The molecule has 2 aromatic heterocycles. The molecule has 2 N–H and O–H groups in total. The van der Waals surface area contributed by atoms with Crippen LogP contribution < -0.4 is 10.9 Å². The highest BCUT2D eigenvalue weighted by atomic mass is 35.5. The van der Waals surface area contributed by atoms with Crippen molar-refractivity contribution in [3.05, 3.63) is 74.2 Å². The number of aliphatic hydroxyl groups excluding tert-OH is 1. The molecule has 0 aliphatic carbocycles. The summed E-state index contributed by atoms with van der Waals surface area (Å²) in [6.07, 6.45) is 2.92. The Morgan fingerprint density at radius 3 is 2.82 bits per heavy atom. The van der Waals surface area contributed by atoms with Crippen molar-refractivity contribution in [3.63, 3.8) is 0 Å². The van der Waals surface area contributed by atoms with Crippen molar-refractivity contribution in [3.8, 4) is 10.6 Å². The molecular weight excluding hydrogens is 526 g/mol. The van der Waals surface area contributed by atoms with E-state index in [0.717, 1.165) is 39.5 Å². The fraction of sp³-hybridized carbons (Fsp3) is 0.333. The number of benzene rings is 2. The van der Waals surface area contributed by atoms with Gasteiger partial charge in [0, 0.05) is 35.1 Å². The summed E-state index contributed by atoms with van der Waals surface area (Å²) < 4.78 is 6.90. The molecule has 9 nitrogen and oxygen atoms in total. The fourth-order valence-electron chi connectivity index (χ4n) is 5.19. The minimum absolute atomic E-state index is 0.0411. The number of cyclic esters (lactones) is 1. The maximum absolute atomic E-state index is 13.7. The summed E-state index contributed by atoms with van der Waals surface area (Å²) in [7, 11) is 0. The number of nitrogens with zero attached hydrogens (tertiary/aromatic N) is 4. The predicted octanol–water partition coefficient (Wildman–Crippen LogP) is 4.42. The molecule has 2 aliphatic heterocycles. The second-order valence-electron chi connectivity index (χ2n) is 9.67. The number of thiazole rings is 1. The number of hydrogen-bond acceptors (Lipinski definition) is 8. The van der Waals surface area contributed by atoms with Gasteiger partial charge in [0.05, 0.1) is 35.0 Å². The molecule has 2 fully saturated rings. The summed E-state index contributed by atoms with van der Waals surface area (Å²) in [5.74, 6) is 0.609. The lowest BCUT2D eigenvalue weighted by Gasteiger charge is -2.33. The number of carbonyl (C=O) groups excluding carboxylic acids is 1. The topological polar surface area (TPSA) is 110 Å². The first-order chi connectivity index (χ1) is 18.4. The van der Waals surface area contributed by atoms with E-state index in [1.54, 1.807) is 15.7 Å². The fourth-order valence-corrected chi connectivity index (χ4v) is 6.12. The molecule has 0 spiro atoms. The SMILES string of the molecule is Cc1nc2cc(-c3ncc(CO)s3)c(N[C@H]3CCN4C(=O)OC[C@@H]4C3)cc2c(=O)n1Cc1ccc(Cl)cc1. The molecule has 0 bridgehead atoms. The second kappa shape index (κ2) is 10.0. The summed E-state index contributed by atoms with van der Waals surface area (Å²) in [6.45, 7) is 3.14. The quantitative estimate of drug-likeness (QED) is 0.365. The Balaban J connectivity index is 1.41. The largest absolute Gasteiger partial charge is 0.447 e. The van der Waals surface area contributed by atoms with E-state index in [1.807, 2.05) is 43.3 Å². The van der Waals surface area contributed by atoms with Gasteiger partial charge in [0.25, 0.3) is 5.56 Å². The number of aryl methyl sites for hydroxylation is 1. The number of amides is 1. The molecule has 0 unspecified atom stereocenters. The Bertz CT molecular complexity index is 1590. The van der Waals surface area contributed by atoms with Crippen LogP contribution in [0.3, 0.4) is 0 Å². The number of halogens is 1. The number of aliphatic hydroxyl groups is 1.